The maximum atomic E-state index is 12.4. The lowest BCUT2D eigenvalue weighted by molar-refractivity contribution is -0.200. The molecule has 5 aliphatic rings. The van der Waals surface area contributed by atoms with Gasteiger partial charge in [-0.15, -0.1) is 0 Å². The van der Waals surface area contributed by atoms with Gasteiger partial charge in [0.05, 0.1) is 17.6 Å². The summed E-state index contributed by atoms with van der Waals surface area (Å²) in [6.07, 6.45) is 8.01. The van der Waals surface area contributed by atoms with Crippen LogP contribution in [0.4, 0.5) is 0 Å². The summed E-state index contributed by atoms with van der Waals surface area (Å²) < 4.78 is 12.8. The fourth-order valence-electron chi connectivity index (χ4n) is 7.20. The van der Waals surface area contributed by atoms with Gasteiger partial charge in [0.15, 0.2) is 11.5 Å². The summed E-state index contributed by atoms with van der Waals surface area (Å²) in [6, 6.07) is 4.46. The smallest absolute Gasteiger partial charge is 0.165 e. The molecule has 30 heavy (non-hydrogen) atoms. The molecule has 164 valence electrons. The van der Waals surface area contributed by atoms with E-state index < -0.39 is 11.0 Å². The standard InChI is InChI=1S/C25H35NO4/c1-2-3-12-29-19-7-6-17-13-20-25(28)9-8-18(15-27)23-24(25,21(17)22(19)30-23)10-11-26(20)14-16-4-5-16/h6-7,16,18,20,23,27-28H,2-5,8-15H2,1H3/t18-,20-,23+,24+,25-/m1/s1. The van der Waals surface area contributed by atoms with Crippen LogP contribution in [0.2, 0.25) is 0 Å². The number of unbranched alkanes of at least 4 members (excludes halogenated alkanes) is 1. The molecule has 1 aromatic rings. The Morgan fingerprint density at radius 2 is 2.10 bits per heavy atom. The predicted molar refractivity (Wildman–Crippen MR) is 114 cm³/mol. The second-order valence-electron chi connectivity index (χ2n) is 10.5. The number of nitrogens with zero attached hydrogens (tertiary/aromatic N) is 1. The average molecular weight is 414 g/mol. The molecule has 0 aromatic heterocycles. The molecule has 2 aliphatic heterocycles. The third kappa shape index (κ3) is 2.46. The first-order chi connectivity index (χ1) is 14.6. The molecule has 0 radical (unpaired) electrons. The Bertz CT molecular complexity index is 839. The summed E-state index contributed by atoms with van der Waals surface area (Å²) in [5.41, 5.74) is 1.35. The van der Waals surface area contributed by atoms with Crippen molar-refractivity contribution in [2.24, 2.45) is 11.8 Å². The van der Waals surface area contributed by atoms with Gasteiger partial charge in [-0.3, -0.25) is 4.90 Å². The zero-order chi connectivity index (χ0) is 20.5. The van der Waals surface area contributed by atoms with E-state index in [1.165, 1.54) is 24.0 Å². The molecule has 1 saturated heterocycles. The molecule has 5 heteroatoms. The molecule has 2 heterocycles. The summed E-state index contributed by atoms with van der Waals surface area (Å²) in [6.45, 7) is 5.11. The number of aliphatic hydroxyl groups is 2. The van der Waals surface area contributed by atoms with Gasteiger partial charge in [0, 0.05) is 30.7 Å². The van der Waals surface area contributed by atoms with E-state index in [1.54, 1.807) is 0 Å². The van der Waals surface area contributed by atoms with E-state index in [9.17, 15) is 10.2 Å². The highest BCUT2D eigenvalue weighted by Gasteiger charge is 2.72. The Morgan fingerprint density at radius 1 is 1.23 bits per heavy atom. The van der Waals surface area contributed by atoms with Crippen LogP contribution in [-0.2, 0) is 11.8 Å². The van der Waals surface area contributed by atoms with Crippen molar-refractivity contribution in [3.63, 3.8) is 0 Å². The first-order valence-corrected chi connectivity index (χ1v) is 12.2. The molecular weight excluding hydrogens is 378 g/mol. The molecule has 0 amide bonds. The lowest BCUT2D eigenvalue weighted by atomic mass is 9.47. The first-order valence-electron chi connectivity index (χ1n) is 12.2. The van der Waals surface area contributed by atoms with Gasteiger partial charge in [0.25, 0.3) is 0 Å². The number of hydrogen-bond acceptors (Lipinski definition) is 5. The van der Waals surface area contributed by atoms with Crippen molar-refractivity contribution in [2.45, 2.75) is 81.5 Å². The highest BCUT2D eigenvalue weighted by atomic mass is 16.5. The van der Waals surface area contributed by atoms with Crippen LogP contribution in [0.1, 0.15) is 63.0 Å². The number of rotatable bonds is 7. The monoisotopic (exact) mass is 413 g/mol. The van der Waals surface area contributed by atoms with Crippen LogP contribution < -0.4 is 9.47 Å². The Kier molecular flexibility index (Phi) is 4.43. The van der Waals surface area contributed by atoms with Crippen LogP contribution in [0.25, 0.3) is 0 Å². The van der Waals surface area contributed by atoms with Crippen molar-refractivity contribution >= 4 is 0 Å². The molecule has 1 spiro atoms. The largest absolute Gasteiger partial charge is 0.490 e. The molecule has 0 unspecified atom stereocenters. The minimum atomic E-state index is -0.781. The minimum absolute atomic E-state index is 0.0720. The van der Waals surface area contributed by atoms with E-state index in [4.69, 9.17) is 9.47 Å². The van der Waals surface area contributed by atoms with E-state index in [2.05, 4.69) is 24.0 Å². The fourth-order valence-corrected chi connectivity index (χ4v) is 7.20. The summed E-state index contributed by atoms with van der Waals surface area (Å²) in [4.78, 5) is 2.59. The molecule has 2 N–H and O–H groups in total. The predicted octanol–water partition coefficient (Wildman–Crippen LogP) is 3.04. The van der Waals surface area contributed by atoms with Crippen LogP contribution in [0.5, 0.6) is 11.5 Å². The Balaban J connectivity index is 1.47. The molecular formula is C25H35NO4. The maximum absolute atomic E-state index is 12.4. The quantitative estimate of drug-likeness (QED) is 0.673. The van der Waals surface area contributed by atoms with Crippen molar-refractivity contribution in [1.82, 2.24) is 4.90 Å². The summed E-state index contributed by atoms with van der Waals surface area (Å²) >= 11 is 0. The second-order valence-corrected chi connectivity index (χ2v) is 10.5. The molecule has 5 nitrogen and oxygen atoms in total. The summed E-state index contributed by atoms with van der Waals surface area (Å²) in [5, 5.41) is 22.6. The lowest BCUT2D eigenvalue weighted by Gasteiger charge is -2.64. The number of piperidine rings is 1. The number of likely N-dealkylation sites (tertiary alicyclic amines) is 1. The Hall–Kier alpha value is -1.30. The average Bonchev–Trinajstić information content (AvgIpc) is 3.48. The van der Waals surface area contributed by atoms with Crippen molar-refractivity contribution in [2.75, 3.05) is 26.3 Å². The highest BCUT2D eigenvalue weighted by Crippen LogP contribution is 2.66. The summed E-state index contributed by atoms with van der Waals surface area (Å²) in [5.74, 6) is 2.58. The van der Waals surface area contributed by atoms with Crippen LogP contribution in [0.3, 0.4) is 0 Å². The van der Waals surface area contributed by atoms with Crippen LogP contribution in [0, 0.1) is 11.8 Å². The third-order valence-corrected chi connectivity index (χ3v) is 8.86. The van der Waals surface area contributed by atoms with E-state index in [0.717, 1.165) is 69.0 Å². The van der Waals surface area contributed by atoms with Crippen LogP contribution >= 0.6 is 0 Å². The topological polar surface area (TPSA) is 62.2 Å². The fraction of sp³-hybridized carbons (Fsp3) is 0.760. The minimum Gasteiger partial charge on any atom is -0.490 e. The molecule has 5 atom stereocenters. The number of ether oxygens (including phenoxy) is 2. The summed E-state index contributed by atoms with van der Waals surface area (Å²) in [7, 11) is 0. The van der Waals surface area contributed by atoms with Gasteiger partial charge >= 0.3 is 0 Å². The van der Waals surface area contributed by atoms with Gasteiger partial charge < -0.3 is 19.7 Å². The highest BCUT2D eigenvalue weighted by molar-refractivity contribution is 5.62. The van der Waals surface area contributed by atoms with Gasteiger partial charge in [-0.25, -0.2) is 0 Å². The Morgan fingerprint density at radius 3 is 2.87 bits per heavy atom. The van der Waals surface area contributed by atoms with Crippen LogP contribution in [0.15, 0.2) is 12.1 Å². The zero-order valence-corrected chi connectivity index (χ0v) is 18.1. The van der Waals surface area contributed by atoms with Crippen molar-refractivity contribution < 1.29 is 19.7 Å². The SMILES string of the molecule is CCCCOc1ccc2c3c1O[C@H]1[C@@H](CO)CC[C@@]4(O)[C@@H](C2)N(CC2CC2)CC[C@]314. The van der Waals surface area contributed by atoms with E-state index in [-0.39, 0.29) is 24.7 Å². The van der Waals surface area contributed by atoms with Gasteiger partial charge in [-0.05, 0) is 69.0 Å². The maximum Gasteiger partial charge on any atom is 0.165 e. The van der Waals surface area contributed by atoms with Crippen molar-refractivity contribution in [3.05, 3.63) is 23.3 Å². The van der Waals surface area contributed by atoms with E-state index in [1.807, 2.05) is 0 Å². The second kappa shape index (κ2) is 6.85. The third-order valence-electron chi connectivity index (χ3n) is 8.86. The van der Waals surface area contributed by atoms with Crippen molar-refractivity contribution in [3.8, 4) is 11.5 Å². The first kappa shape index (κ1) is 19.4. The van der Waals surface area contributed by atoms with Crippen LogP contribution in [-0.4, -0.2) is 59.2 Å². The number of benzene rings is 1. The number of hydrogen-bond donors (Lipinski definition) is 2. The molecule has 2 saturated carbocycles. The van der Waals surface area contributed by atoms with Gasteiger partial charge in [-0.2, -0.15) is 0 Å². The molecule has 1 aromatic carbocycles. The lowest BCUT2D eigenvalue weighted by Crippen LogP contribution is -2.76. The van der Waals surface area contributed by atoms with E-state index >= 15 is 0 Å². The normalized spacial score (nSPS) is 38.8. The Labute approximate surface area is 179 Å². The van der Waals surface area contributed by atoms with Gasteiger partial charge in [0.2, 0.25) is 0 Å². The number of aliphatic hydroxyl groups excluding tert-OH is 1. The molecule has 3 aliphatic carbocycles. The molecule has 3 fully saturated rings. The zero-order valence-electron chi connectivity index (χ0n) is 18.1. The molecule has 2 bridgehead atoms. The van der Waals surface area contributed by atoms with Gasteiger partial charge in [0.1, 0.15) is 6.10 Å². The van der Waals surface area contributed by atoms with Crippen molar-refractivity contribution in [1.29, 1.82) is 0 Å². The van der Waals surface area contributed by atoms with E-state index in [0.29, 0.717) is 6.61 Å². The molecule has 6 rings (SSSR count). The van der Waals surface area contributed by atoms with Gasteiger partial charge in [-0.1, -0.05) is 19.4 Å².